The smallest absolute Gasteiger partial charge is 0.308 e. The first kappa shape index (κ1) is 14.0. The lowest BCUT2D eigenvalue weighted by Gasteiger charge is -2.24. The molecule has 6 heteroatoms. The second-order valence-electron chi connectivity index (χ2n) is 4.02. The van der Waals surface area contributed by atoms with Crippen LogP contribution in [0.5, 0.6) is 0 Å². The third-order valence-electron chi connectivity index (χ3n) is 2.61. The van der Waals surface area contributed by atoms with Gasteiger partial charge in [-0.1, -0.05) is 13.0 Å². The molecule has 18 heavy (non-hydrogen) atoms. The highest BCUT2D eigenvalue weighted by Gasteiger charge is 2.16. The summed E-state index contributed by atoms with van der Waals surface area (Å²) in [5.74, 6) is -1.41. The topological polar surface area (TPSA) is 96.5 Å². The van der Waals surface area contributed by atoms with Crippen molar-refractivity contribution in [1.82, 2.24) is 4.98 Å². The number of pyridine rings is 1. The minimum atomic E-state index is -0.862. The van der Waals surface area contributed by atoms with E-state index in [9.17, 15) is 9.59 Å². The van der Waals surface area contributed by atoms with Crippen LogP contribution >= 0.6 is 0 Å². The Morgan fingerprint density at radius 2 is 2.17 bits per heavy atom. The van der Waals surface area contributed by atoms with Crippen LogP contribution in [0, 0.1) is 5.92 Å². The Labute approximate surface area is 105 Å². The highest BCUT2D eigenvalue weighted by molar-refractivity contribution is 5.91. The van der Waals surface area contributed by atoms with E-state index in [2.05, 4.69) is 4.98 Å². The molecule has 98 valence electrons. The molecule has 0 fully saturated rings. The van der Waals surface area contributed by atoms with Gasteiger partial charge in [0.2, 0.25) is 0 Å². The molecular weight excluding hydrogens is 234 g/mol. The zero-order valence-corrected chi connectivity index (χ0v) is 10.5. The lowest BCUT2D eigenvalue weighted by molar-refractivity contribution is -0.140. The van der Waals surface area contributed by atoms with Gasteiger partial charge in [-0.15, -0.1) is 0 Å². The predicted octanol–water partition coefficient (Wildman–Crippen LogP) is 0.727. The van der Waals surface area contributed by atoms with E-state index in [1.165, 1.54) is 6.07 Å². The number of carboxylic acids is 1. The molecular formula is C12H17N3O3. The maximum Gasteiger partial charge on any atom is 0.308 e. The van der Waals surface area contributed by atoms with Crippen molar-refractivity contribution in [3.8, 4) is 0 Å². The van der Waals surface area contributed by atoms with Crippen LogP contribution in [-0.2, 0) is 4.79 Å². The van der Waals surface area contributed by atoms with Gasteiger partial charge < -0.3 is 15.7 Å². The predicted molar refractivity (Wildman–Crippen MR) is 67.4 cm³/mol. The first-order valence-electron chi connectivity index (χ1n) is 5.70. The lowest BCUT2D eigenvalue weighted by Crippen LogP contribution is -2.32. The van der Waals surface area contributed by atoms with Gasteiger partial charge in [0.15, 0.2) is 0 Å². The second kappa shape index (κ2) is 6.00. The normalized spacial score (nSPS) is 11.9. The number of rotatable bonds is 6. The van der Waals surface area contributed by atoms with Crippen molar-refractivity contribution >= 4 is 17.7 Å². The van der Waals surface area contributed by atoms with Crippen molar-refractivity contribution in [2.24, 2.45) is 11.7 Å². The number of aromatic nitrogens is 1. The minimum absolute atomic E-state index is 0.175. The summed E-state index contributed by atoms with van der Waals surface area (Å²) in [5, 5.41) is 8.89. The summed E-state index contributed by atoms with van der Waals surface area (Å²) in [4.78, 5) is 27.8. The van der Waals surface area contributed by atoms with E-state index in [0.29, 0.717) is 18.9 Å². The summed E-state index contributed by atoms with van der Waals surface area (Å²) in [6.45, 7) is 4.46. The van der Waals surface area contributed by atoms with E-state index >= 15 is 0 Å². The second-order valence-corrected chi connectivity index (χ2v) is 4.02. The molecule has 1 rings (SSSR count). The quantitative estimate of drug-likeness (QED) is 0.776. The molecule has 1 aromatic heterocycles. The standard InChI is InChI=1S/C12H17N3O3/c1-3-15(7-8(2)12(17)18)10-6-4-5-9(14-10)11(13)16/h4-6,8H,3,7H2,1-2H3,(H2,13,16)(H,17,18). The van der Waals surface area contributed by atoms with Gasteiger partial charge in [-0.25, -0.2) is 4.98 Å². The van der Waals surface area contributed by atoms with Crippen LogP contribution in [0.1, 0.15) is 24.3 Å². The highest BCUT2D eigenvalue weighted by Crippen LogP contribution is 2.13. The molecule has 6 nitrogen and oxygen atoms in total. The summed E-state index contributed by atoms with van der Waals surface area (Å²) in [6, 6.07) is 4.93. The third kappa shape index (κ3) is 3.44. The molecule has 1 amide bonds. The Morgan fingerprint density at radius 3 is 2.67 bits per heavy atom. The van der Waals surface area contributed by atoms with Crippen LogP contribution in [0.25, 0.3) is 0 Å². The molecule has 1 atom stereocenters. The summed E-state index contributed by atoms with van der Waals surface area (Å²) < 4.78 is 0. The molecule has 0 aliphatic rings. The number of amides is 1. The van der Waals surface area contributed by atoms with Gasteiger partial charge in [0.1, 0.15) is 11.5 Å². The average Bonchev–Trinajstić information content (AvgIpc) is 2.35. The number of nitrogens with zero attached hydrogens (tertiary/aromatic N) is 2. The van der Waals surface area contributed by atoms with Crippen molar-refractivity contribution in [1.29, 1.82) is 0 Å². The number of hydrogen-bond acceptors (Lipinski definition) is 4. The SMILES string of the molecule is CCN(CC(C)C(=O)O)c1cccc(C(N)=O)n1. The average molecular weight is 251 g/mol. The van der Waals surface area contributed by atoms with Crippen molar-refractivity contribution in [3.63, 3.8) is 0 Å². The van der Waals surface area contributed by atoms with E-state index < -0.39 is 17.8 Å². The number of anilines is 1. The monoisotopic (exact) mass is 251 g/mol. The number of carbonyl (C=O) groups excluding carboxylic acids is 1. The molecule has 0 aliphatic heterocycles. The van der Waals surface area contributed by atoms with Gasteiger partial charge in [-0.05, 0) is 19.1 Å². The summed E-state index contributed by atoms with van der Waals surface area (Å²) in [5.41, 5.74) is 5.33. The van der Waals surface area contributed by atoms with Crippen molar-refractivity contribution in [2.75, 3.05) is 18.0 Å². The number of carbonyl (C=O) groups is 2. The van der Waals surface area contributed by atoms with Crippen molar-refractivity contribution in [2.45, 2.75) is 13.8 Å². The molecule has 1 unspecified atom stereocenters. The summed E-state index contributed by atoms with van der Waals surface area (Å²) >= 11 is 0. The molecule has 0 aliphatic carbocycles. The Morgan fingerprint density at radius 1 is 1.50 bits per heavy atom. The number of carboxylic acid groups (broad SMARTS) is 1. The van der Waals surface area contributed by atoms with Gasteiger partial charge in [-0.2, -0.15) is 0 Å². The largest absolute Gasteiger partial charge is 0.481 e. The van der Waals surface area contributed by atoms with Crippen LogP contribution in [0.15, 0.2) is 18.2 Å². The van der Waals surface area contributed by atoms with Crippen LogP contribution < -0.4 is 10.6 Å². The molecule has 0 saturated carbocycles. The van der Waals surface area contributed by atoms with Crippen molar-refractivity contribution < 1.29 is 14.7 Å². The fourth-order valence-corrected chi connectivity index (χ4v) is 1.53. The molecule has 1 heterocycles. The lowest BCUT2D eigenvalue weighted by atomic mass is 10.1. The zero-order chi connectivity index (χ0) is 13.7. The first-order valence-corrected chi connectivity index (χ1v) is 5.70. The first-order chi connectivity index (χ1) is 8.45. The fraction of sp³-hybridized carbons (Fsp3) is 0.417. The van der Waals surface area contributed by atoms with Crippen LogP contribution in [0.2, 0.25) is 0 Å². The highest BCUT2D eigenvalue weighted by atomic mass is 16.4. The van der Waals surface area contributed by atoms with Gasteiger partial charge in [0, 0.05) is 13.1 Å². The number of hydrogen-bond donors (Lipinski definition) is 2. The zero-order valence-electron chi connectivity index (χ0n) is 10.5. The van der Waals surface area contributed by atoms with Crippen molar-refractivity contribution in [3.05, 3.63) is 23.9 Å². The molecule has 0 spiro atoms. The van der Waals surface area contributed by atoms with E-state index in [4.69, 9.17) is 10.8 Å². The van der Waals surface area contributed by atoms with E-state index in [1.807, 2.05) is 6.92 Å². The Balaban J connectivity index is 2.91. The maximum absolute atomic E-state index is 11.0. The van der Waals surface area contributed by atoms with Crippen LogP contribution in [0.4, 0.5) is 5.82 Å². The summed E-state index contributed by atoms with van der Waals surface area (Å²) in [7, 11) is 0. The van der Waals surface area contributed by atoms with Gasteiger partial charge in [0.25, 0.3) is 5.91 Å². The third-order valence-corrected chi connectivity index (χ3v) is 2.61. The van der Waals surface area contributed by atoms with E-state index in [1.54, 1.807) is 24.0 Å². The maximum atomic E-state index is 11.0. The molecule has 3 N–H and O–H groups in total. The molecule has 0 radical (unpaired) electrons. The number of primary amides is 1. The molecule has 0 aromatic carbocycles. The Bertz CT molecular complexity index is 448. The molecule has 0 saturated heterocycles. The molecule has 1 aromatic rings. The Hall–Kier alpha value is -2.11. The van der Waals surface area contributed by atoms with E-state index in [0.717, 1.165) is 0 Å². The molecule has 0 bridgehead atoms. The van der Waals surface area contributed by atoms with Gasteiger partial charge in [0.05, 0.1) is 5.92 Å². The fourth-order valence-electron chi connectivity index (χ4n) is 1.53. The number of nitrogens with two attached hydrogens (primary N) is 1. The van der Waals surface area contributed by atoms with Gasteiger partial charge in [-0.3, -0.25) is 9.59 Å². The van der Waals surface area contributed by atoms with Gasteiger partial charge >= 0.3 is 5.97 Å². The number of aliphatic carboxylic acids is 1. The van der Waals surface area contributed by atoms with Crippen LogP contribution in [-0.4, -0.2) is 35.1 Å². The van der Waals surface area contributed by atoms with Crippen LogP contribution in [0.3, 0.4) is 0 Å². The minimum Gasteiger partial charge on any atom is -0.481 e. The van der Waals surface area contributed by atoms with E-state index in [-0.39, 0.29) is 5.69 Å². The Kier molecular flexibility index (Phi) is 4.65. The summed E-state index contributed by atoms with van der Waals surface area (Å²) in [6.07, 6.45) is 0.